The second-order valence-electron chi connectivity index (χ2n) is 9.00. The molecule has 2 N–H and O–H groups in total. The summed E-state index contributed by atoms with van der Waals surface area (Å²) in [7, 11) is 0. The van der Waals surface area contributed by atoms with Gasteiger partial charge in [0.05, 0.1) is 6.10 Å². The van der Waals surface area contributed by atoms with Gasteiger partial charge in [-0.3, -0.25) is 10.1 Å². The Labute approximate surface area is 202 Å². The van der Waals surface area contributed by atoms with Crippen LogP contribution in [0.25, 0.3) is 0 Å². The number of thiocarbonyl (C=S) groups is 1. The Hall–Kier alpha value is -1.62. The van der Waals surface area contributed by atoms with E-state index in [1.54, 1.807) is 24.3 Å². The third kappa shape index (κ3) is 15.2. The lowest BCUT2D eigenvalue weighted by Crippen LogP contribution is -2.39. The molecule has 1 rings (SSSR count). The van der Waals surface area contributed by atoms with Crippen molar-refractivity contribution in [1.29, 1.82) is 0 Å². The molecule has 4 nitrogen and oxygen atoms in total. The fourth-order valence-electron chi connectivity index (χ4n) is 3.70. The zero-order chi connectivity index (χ0) is 23.4. The molecule has 0 saturated carbocycles. The topological polar surface area (TPSA) is 50.4 Å². The first-order valence-electron chi connectivity index (χ1n) is 12.9. The van der Waals surface area contributed by atoms with Crippen molar-refractivity contribution in [2.24, 2.45) is 0 Å². The summed E-state index contributed by atoms with van der Waals surface area (Å²) in [4.78, 5) is 12.3. The maximum absolute atomic E-state index is 12.3. The van der Waals surface area contributed by atoms with Crippen LogP contribution in [0.2, 0.25) is 0 Å². The molecular weight excluding hydrogens is 416 g/mol. The minimum absolute atomic E-state index is 0.112. The summed E-state index contributed by atoms with van der Waals surface area (Å²) < 4.78 is 5.60. The van der Waals surface area contributed by atoms with Crippen LogP contribution in [0.15, 0.2) is 24.3 Å². The van der Waals surface area contributed by atoms with Crippen molar-refractivity contribution in [2.45, 2.75) is 117 Å². The van der Waals surface area contributed by atoms with Gasteiger partial charge in [0.25, 0.3) is 5.91 Å². The monoisotopic (exact) mass is 462 g/mol. The average Bonchev–Trinajstić information content (AvgIpc) is 2.76. The molecule has 1 aromatic rings. The van der Waals surface area contributed by atoms with E-state index in [0.29, 0.717) is 10.7 Å². The largest absolute Gasteiger partial charge is 0.491 e. The number of benzene rings is 1. The first kappa shape index (κ1) is 28.4. The Morgan fingerprint density at radius 1 is 0.812 bits per heavy atom. The molecule has 0 radical (unpaired) electrons. The Morgan fingerprint density at radius 3 is 1.75 bits per heavy atom. The van der Waals surface area contributed by atoms with Gasteiger partial charge in [0, 0.05) is 12.1 Å². The Bertz CT molecular complexity index is 617. The van der Waals surface area contributed by atoms with Crippen LogP contribution in [0.5, 0.6) is 5.75 Å². The number of rotatable bonds is 18. The van der Waals surface area contributed by atoms with E-state index < -0.39 is 0 Å². The minimum atomic E-state index is -0.195. The van der Waals surface area contributed by atoms with Crippen LogP contribution in [0, 0.1) is 0 Å². The third-order valence-electron chi connectivity index (χ3n) is 5.53. The molecule has 5 heteroatoms. The highest BCUT2D eigenvalue weighted by atomic mass is 32.1. The predicted octanol–water partition coefficient (Wildman–Crippen LogP) is 7.56. The fourth-order valence-corrected chi connectivity index (χ4v) is 3.89. The second kappa shape index (κ2) is 18.9. The Balaban J connectivity index is 1.95. The maximum atomic E-state index is 12.3. The van der Waals surface area contributed by atoms with Gasteiger partial charge in [-0.25, -0.2) is 0 Å². The first-order valence-corrected chi connectivity index (χ1v) is 13.3. The number of hydrogen-bond donors (Lipinski definition) is 2. The zero-order valence-corrected chi connectivity index (χ0v) is 21.5. The summed E-state index contributed by atoms with van der Waals surface area (Å²) in [6, 6.07) is 7.12. The third-order valence-corrected chi connectivity index (χ3v) is 5.78. The van der Waals surface area contributed by atoms with Crippen LogP contribution >= 0.6 is 12.2 Å². The highest BCUT2D eigenvalue weighted by Gasteiger charge is 2.08. The SMILES string of the molecule is CCCCCCCCCCCCCCCCNC(=S)NC(=O)c1ccc(OC(C)C)cc1. The van der Waals surface area contributed by atoms with Gasteiger partial charge >= 0.3 is 0 Å². The van der Waals surface area contributed by atoms with E-state index in [2.05, 4.69) is 17.6 Å². The molecule has 0 aliphatic rings. The molecule has 0 aliphatic heterocycles. The standard InChI is InChI=1S/C27H46N2O2S/c1-4-5-6-7-8-9-10-11-12-13-14-15-16-17-22-28-27(32)29-26(30)24-18-20-25(21-19-24)31-23(2)3/h18-21,23H,4-17,22H2,1-3H3,(H2,28,29,30,32). The maximum Gasteiger partial charge on any atom is 0.257 e. The number of unbranched alkanes of at least 4 members (excludes halogenated alkanes) is 13. The van der Waals surface area contributed by atoms with E-state index in [1.807, 2.05) is 13.8 Å². The quantitative estimate of drug-likeness (QED) is 0.175. The van der Waals surface area contributed by atoms with E-state index in [4.69, 9.17) is 17.0 Å². The van der Waals surface area contributed by atoms with Gasteiger partial charge in [-0.05, 0) is 56.8 Å². The number of carbonyl (C=O) groups excluding carboxylic acids is 1. The summed E-state index contributed by atoms with van der Waals surface area (Å²) >= 11 is 5.24. The summed E-state index contributed by atoms with van der Waals surface area (Å²) in [6.45, 7) is 7.03. The molecule has 0 bridgehead atoms. The van der Waals surface area contributed by atoms with Crippen LogP contribution < -0.4 is 15.4 Å². The van der Waals surface area contributed by atoms with Gasteiger partial charge in [-0.2, -0.15) is 0 Å². The zero-order valence-electron chi connectivity index (χ0n) is 20.7. The van der Waals surface area contributed by atoms with Crippen molar-refractivity contribution < 1.29 is 9.53 Å². The van der Waals surface area contributed by atoms with Crippen LogP contribution in [0.4, 0.5) is 0 Å². The molecule has 0 saturated heterocycles. The van der Waals surface area contributed by atoms with Gasteiger partial charge < -0.3 is 10.1 Å². The number of amides is 1. The Kier molecular flexibility index (Phi) is 16.8. The molecule has 32 heavy (non-hydrogen) atoms. The molecule has 0 aliphatic carbocycles. The van der Waals surface area contributed by atoms with Crippen molar-refractivity contribution in [3.05, 3.63) is 29.8 Å². The molecule has 0 unspecified atom stereocenters. The van der Waals surface area contributed by atoms with Crippen molar-refractivity contribution in [3.63, 3.8) is 0 Å². The predicted molar refractivity (Wildman–Crippen MR) is 141 cm³/mol. The summed E-state index contributed by atoms with van der Waals surface area (Å²) in [5, 5.41) is 6.28. The molecule has 0 atom stereocenters. The second-order valence-corrected chi connectivity index (χ2v) is 9.41. The number of nitrogens with one attached hydrogen (secondary N) is 2. The van der Waals surface area contributed by atoms with Crippen molar-refractivity contribution >= 4 is 23.2 Å². The molecule has 182 valence electrons. The molecule has 0 aromatic heterocycles. The molecule has 1 aromatic carbocycles. The van der Waals surface area contributed by atoms with E-state index >= 15 is 0 Å². The van der Waals surface area contributed by atoms with Crippen LogP contribution in [-0.2, 0) is 0 Å². The van der Waals surface area contributed by atoms with Gasteiger partial charge in [-0.1, -0.05) is 90.4 Å². The highest BCUT2D eigenvalue weighted by molar-refractivity contribution is 7.80. The van der Waals surface area contributed by atoms with Crippen molar-refractivity contribution in [3.8, 4) is 5.75 Å². The van der Waals surface area contributed by atoms with E-state index in [-0.39, 0.29) is 12.0 Å². The van der Waals surface area contributed by atoms with Gasteiger partial charge in [0.15, 0.2) is 5.11 Å². The van der Waals surface area contributed by atoms with Crippen LogP contribution in [-0.4, -0.2) is 23.7 Å². The number of ether oxygens (including phenoxy) is 1. The van der Waals surface area contributed by atoms with Gasteiger partial charge in [0.2, 0.25) is 0 Å². The lowest BCUT2D eigenvalue weighted by molar-refractivity contribution is 0.0976. The normalized spacial score (nSPS) is 10.9. The molecule has 0 spiro atoms. The summed E-state index contributed by atoms with van der Waals surface area (Å²) in [5.74, 6) is 0.564. The lowest BCUT2D eigenvalue weighted by Gasteiger charge is -2.11. The summed E-state index contributed by atoms with van der Waals surface area (Å²) in [6.07, 6.45) is 19.0. The molecule has 1 amide bonds. The van der Waals surface area contributed by atoms with Crippen LogP contribution in [0.1, 0.15) is 121 Å². The smallest absolute Gasteiger partial charge is 0.257 e. The van der Waals surface area contributed by atoms with Gasteiger partial charge in [0.1, 0.15) is 5.75 Å². The average molecular weight is 463 g/mol. The van der Waals surface area contributed by atoms with Crippen LogP contribution in [0.3, 0.4) is 0 Å². The number of hydrogen-bond acceptors (Lipinski definition) is 3. The van der Waals surface area contributed by atoms with Crippen molar-refractivity contribution in [2.75, 3.05) is 6.54 Å². The van der Waals surface area contributed by atoms with E-state index in [9.17, 15) is 4.79 Å². The first-order chi connectivity index (χ1) is 15.5. The minimum Gasteiger partial charge on any atom is -0.491 e. The highest BCUT2D eigenvalue weighted by Crippen LogP contribution is 2.14. The lowest BCUT2D eigenvalue weighted by atomic mass is 10.0. The van der Waals surface area contributed by atoms with Crippen molar-refractivity contribution in [1.82, 2.24) is 10.6 Å². The Morgan fingerprint density at radius 2 is 1.28 bits per heavy atom. The fraction of sp³-hybridized carbons (Fsp3) is 0.704. The van der Waals surface area contributed by atoms with E-state index in [1.165, 1.54) is 83.5 Å². The number of carbonyl (C=O) groups is 1. The van der Waals surface area contributed by atoms with Gasteiger partial charge in [-0.15, -0.1) is 0 Å². The molecule has 0 fully saturated rings. The molecular formula is C27H46N2O2S. The summed E-state index contributed by atoms with van der Waals surface area (Å²) in [5.41, 5.74) is 0.571. The molecule has 0 heterocycles. The van der Waals surface area contributed by atoms with E-state index in [0.717, 1.165) is 18.7 Å².